The molecular weight excluding hydrogens is 967 g/mol. The van der Waals surface area contributed by atoms with Gasteiger partial charge in [-0.2, -0.15) is 8.42 Å². The van der Waals surface area contributed by atoms with Gasteiger partial charge in [0.1, 0.15) is 54.9 Å². The molecule has 0 unspecified atom stereocenters. The number of aromatic amines is 1. The molecule has 0 bridgehead atoms. The van der Waals surface area contributed by atoms with Crippen LogP contribution in [0.3, 0.4) is 0 Å². The van der Waals surface area contributed by atoms with E-state index in [1.807, 2.05) is 4.98 Å². The number of likely N-dealkylation sites (N-methyl/N-ethyl adjacent to an activating group) is 2. The summed E-state index contributed by atoms with van der Waals surface area (Å²) in [6.07, 6.45) is -8.76. The highest BCUT2D eigenvalue weighted by atomic mass is 32.3. The zero-order valence-corrected chi connectivity index (χ0v) is 41.2. The average Bonchev–Trinajstić information content (AvgIpc) is 3.69. The van der Waals surface area contributed by atoms with Gasteiger partial charge in [-0.15, -0.1) is 0 Å². The lowest BCUT2D eigenvalue weighted by Crippen LogP contribution is -2.60. The first kappa shape index (κ1) is 59.1. The number of hydrogen-bond acceptors (Lipinski definition) is 20. The number of amides is 1. The Morgan fingerprint density at radius 2 is 1.49 bits per heavy atom. The summed E-state index contributed by atoms with van der Waals surface area (Å²) >= 11 is 0. The number of nitrogens with two attached hydrogens (primary N) is 1. The molecule has 0 radical (unpaired) electrons. The van der Waals surface area contributed by atoms with Crippen LogP contribution in [0.4, 0.5) is 0 Å². The molecule has 0 saturated carbocycles. The first-order valence-corrected chi connectivity index (χ1v) is 25.3. The molecule has 4 rings (SSSR count). The molecule has 4 heterocycles. The van der Waals surface area contributed by atoms with Crippen LogP contribution in [0.1, 0.15) is 116 Å². The minimum absolute atomic E-state index is 0.213. The van der Waals surface area contributed by atoms with Crippen LogP contribution < -0.4 is 17.0 Å². The molecule has 1 amide bonds. The van der Waals surface area contributed by atoms with Crippen molar-refractivity contribution in [3.05, 3.63) is 33.1 Å². The molecule has 404 valence electrons. The fourth-order valence-corrected chi connectivity index (χ4v) is 9.67. The molecule has 0 spiro atoms. The summed E-state index contributed by atoms with van der Waals surface area (Å²) < 4.78 is 68.1. The Morgan fingerprint density at radius 3 is 2.06 bits per heavy atom. The fourth-order valence-electron chi connectivity index (χ4n) is 9.18. The number of nitrogens with one attached hydrogen (secondary N) is 1. The number of ether oxygens (including phenoxy) is 5. The molecule has 26 nitrogen and oxygen atoms in total. The first-order valence-electron chi connectivity index (χ1n) is 24.0. The third kappa shape index (κ3) is 17.1. The smallest absolute Gasteiger partial charge is 0.397 e. The second-order valence-corrected chi connectivity index (χ2v) is 19.6. The standard InChI is InChI=1S/C44H71N5O21S/c1-5-6-7-8-9-10-11-12-13-14-15-16-25(65-30(53)20-24(2)19-29(51)52)21-31(54)66-27-23-47(3)33(40(58)48(4)32(27)42(59)60)37(69-43-39(70-71(62,63)64)34(55)26(22-45)67-43)38-35(56)36(57)41(68-38)49-18-17-28(50)46-44(49)61/h17-18,24-27,32-39,41,43,55-57H,5-16,19-23,45H2,1-4H3,(H,51,52)(H,59,60)(H,46,50,61)(H,62,63,64)/t24-,25+,26-,27+,32+,33-,34-,35+,36-,37+,38+,39-,41-,43+/m1/s1. The molecule has 0 aliphatic carbocycles. The van der Waals surface area contributed by atoms with Crippen LogP contribution >= 0.6 is 0 Å². The normalized spacial score (nSPS) is 28.5. The van der Waals surface area contributed by atoms with Gasteiger partial charge in [-0.3, -0.25) is 43.0 Å². The lowest BCUT2D eigenvalue weighted by atomic mass is 9.97. The van der Waals surface area contributed by atoms with Gasteiger partial charge in [-0.25, -0.2) is 13.8 Å². The Morgan fingerprint density at radius 1 is 0.873 bits per heavy atom. The van der Waals surface area contributed by atoms with Crippen LogP contribution in [0.25, 0.3) is 0 Å². The summed E-state index contributed by atoms with van der Waals surface area (Å²) in [5.74, 6) is -6.26. The van der Waals surface area contributed by atoms with Gasteiger partial charge in [0, 0.05) is 45.2 Å². The van der Waals surface area contributed by atoms with Gasteiger partial charge in [0.25, 0.3) is 5.56 Å². The summed E-state index contributed by atoms with van der Waals surface area (Å²) in [6.45, 7) is 2.64. The highest BCUT2D eigenvalue weighted by molar-refractivity contribution is 7.80. The number of aliphatic hydroxyl groups excluding tert-OH is 3. The fraction of sp³-hybridized carbons (Fsp3) is 0.795. The third-order valence-electron chi connectivity index (χ3n) is 12.8. The number of esters is 2. The molecule has 3 aliphatic rings. The van der Waals surface area contributed by atoms with Crippen molar-refractivity contribution < 1.29 is 90.3 Å². The van der Waals surface area contributed by atoms with Gasteiger partial charge in [-0.05, 0) is 25.8 Å². The van der Waals surface area contributed by atoms with E-state index in [1.54, 1.807) is 6.92 Å². The Hall–Kier alpha value is -4.42. The molecule has 3 fully saturated rings. The minimum Gasteiger partial charge on any atom is -0.481 e. The van der Waals surface area contributed by atoms with Crippen LogP contribution in [0.2, 0.25) is 0 Å². The van der Waals surface area contributed by atoms with Gasteiger partial charge in [0.05, 0.1) is 6.42 Å². The van der Waals surface area contributed by atoms with E-state index >= 15 is 0 Å². The number of aliphatic carboxylic acids is 2. The molecule has 1 aromatic heterocycles. The van der Waals surface area contributed by atoms with Crippen molar-refractivity contribution >= 4 is 40.2 Å². The predicted octanol–water partition coefficient (Wildman–Crippen LogP) is -0.585. The Bertz CT molecular complexity index is 2160. The highest BCUT2D eigenvalue weighted by Crippen LogP contribution is 2.37. The number of carboxylic acid groups (broad SMARTS) is 2. The number of carbonyl (C=O) groups is 5. The lowest BCUT2D eigenvalue weighted by Gasteiger charge is -2.38. The van der Waals surface area contributed by atoms with Crippen molar-refractivity contribution in [1.29, 1.82) is 0 Å². The van der Waals surface area contributed by atoms with Crippen molar-refractivity contribution in [2.45, 2.75) is 190 Å². The zero-order chi connectivity index (χ0) is 52.7. The summed E-state index contributed by atoms with van der Waals surface area (Å²) in [4.78, 5) is 94.3. The number of rotatable bonds is 29. The average molecular weight is 1040 g/mol. The minimum atomic E-state index is -5.37. The van der Waals surface area contributed by atoms with E-state index in [1.165, 1.54) is 32.7 Å². The molecular formula is C44H71N5O21S. The molecule has 14 atom stereocenters. The zero-order valence-electron chi connectivity index (χ0n) is 40.4. The molecule has 3 aliphatic heterocycles. The number of hydrogen-bond donors (Lipinski definition) is 8. The van der Waals surface area contributed by atoms with Crippen molar-refractivity contribution in [2.24, 2.45) is 11.7 Å². The topological polar surface area (TPSA) is 384 Å². The number of aromatic nitrogens is 2. The van der Waals surface area contributed by atoms with Gasteiger partial charge < -0.3 is 59.9 Å². The van der Waals surface area contributed by atoms with Crippen molar-refractivity contribution in [2.75, 3.05) is 27.2 Å². The number of aliphatic hydroxyl groups is 3. The summed E-state index contributed by atoms with van der Waals surface area (Å²) in [5, 5.41) is 53.4. The maximum absolute atomic E-state index is 14.7. The van der Waals surface area contributed by atoms with E-state index in [2.05, 4.69) is 11.1 Å². The van der Waals surface area contributed by atoms with Gasteiger partial charge >= 0.3 is 40.0 Å². The number of H-pyrrole nitrogens is 1. The first-order chi connectivity index (χ1) is 33.5. The monoisotopic (exact) mass is 1040 g/mol. The molecule has 27 heteroatoms. The summed E-state index contributed by atoms with van der Waals surface area (Å²) in [7, 11) is -3.06. The molecule has 1 aromatic rings. The van der Waals surface area contributed by atoms with Crippen molar-refractivity contribution in [3.8, 4) is 0 Å². The van der Waals surface area contributed by atoms with Crippen molar-refractivity contribution in [3.63, 3.8) is 0 Å². The van der Waals surface area contributed by atoms with E-state index in [0.29, 0.717) is 15.9 Å². The lowest BCUT2D eigenvalue weighted by molar-refractivity contribution is -0.230. The van der Waals surface area contributed by atoms with Crippen LogP contribution in [-0.2, 0) is 62.2 Å². The van der Waals surface area contributed by atoms with E-state index in [-0.39, 0.29) is 19.3 Å². The number of carboxylic acids is 2. The van der Waals surface area contributed by atoms with E-state index in [9.17, 15) is 72.1 Å². The summed E-state index contributed by atoms with van der Waals surface area (Å²) in [5.41, 5.74) is 3.80. The Labute approximate surface area is 410 Å². The SMILES string of the molecule is CCCCCCCCCCCCC[C@@H](CC(=O)O[C@H]1CN(C)[C@H]([C@H](O[C@@H]2O[C@H](CN)[C@@H](O)[C@H]2OS(=O)(=O)O)[C@H]2O[C@@H](n3ccc(=O)[nH]c3=O)[C@H](O)[C@@H]2O)C(=O)N(C)[C@@H]1C(=O)O)OC(=O)C[C@H](C)CC(=O)O. The van der Waals surface area contributed by atoms with Crippen LogP contribution in [0.5, 0.6) is 0 Å². The van der Waals surface area contributed by atoms with Crippen molar-refractivity contribution in [1.82, 2.24) is 19.4 Å². The maximum atomic E-state index is 14.7. The Balaban J connectivity index is 1.62. The van der Waals surface area contributed by atoms with E-state index in [4.69, 9.17) is 29.4 Å². The predicted molar refractivity (Wildman–Crippen MR) is 244 cm³/mol. The Kier molecular flexibility index (Phi) is 23.0. The number of nitrogens with zero attached hydrogens (tertiary/aromatic N) is 3. The van der Waals surface area contributed by atoms with Gasteiger partial charge in [0.2, 0.25) is 5.91 Å². The number of unbranched alkanes of at least 4 members (excludes halogenated alkanes) is 10. The van der Waals surface area contributed by atoms with Crippen LogP contribution in [0, 0.1) is 5.92 Å². The van der Waals surface area contributed by atoms with Crippen LogP contribution in [0.15, 0.2) is 21.9 Å². The van der Waals surface area contributed by atoms with Gasteiger partial charge in [-0.1, -0.05) is 78.1 Å². The molecule has 0 aromatic carbocycles. The number of carbonyl (C=O) groups excluding carboxylic acids is 3. The molecule has 3 saturated heterocycles. The largest absolute Gasteiger partial charge is 0.481 e. The molecule has 9 N–H and O–H groups in total. The van der Waals surface area contributed by atoms with Gasteiger partial charge in [0.15, 0.2) is 24.7 Å². The second kappa shape index (κ2) is 27.6. The van der Waals surface area contributed by atoms with E-state index < -0.39 is 156 Å². The van der Waals surface area contributed by atoms with E-state index in [0.717, 1.165) is 62.7 Å². The highest BCUT2D eigenvalue weighted by Gasteiger charge is 2.58. The maximum Gasteiger partial charge on any atom is 0.397 e. The second-order valence-electron chi connectivity index (χ2n) is 18.5. The summed E-state index contributed by atoms with van der Waals surface area (Å²) in [6, 6.07) is -2.88. The van der Waals surface area contributed by atoms with Crippen LogP contribution in [-0.4, -0.2) is 188 Å². The third-order valence-corrected chi connectivity index (χ3v) is 13.3. The quantitative estimate of drug-likeness (QED) is 0.0282. The molecule has 71 heavy (non-hydrogen) atoms.